The molecule has 16 nitrogen and oxygen atoms in total. The van der Waals surface area contributed by atoms with Gasteiger partial charge in [-0.05, 0) is 190 Å². The Morgan fingerprint density at radius 2 is 0.808 bits per heavy atom. The summed E-state index contributed by atoms with van der Waals surface area (Å²) in [5, 5.41) is 25.0. The number of pyridine rings is 2. The molecule has 0 fully saturated rings. The Bertz CT molecular complexity index is 4960. The Balaban J connectivity index is 0.000000194. The summed E-state index contributed by atoms with van der Waals surface area (Å²) in [7, 11) is -7.89. The molecule has 2 aliphatic heterocycles. The maximum Gasteiger partial charge on any atom is 0.264 e. The van der Waals surface area contributed by atoms with Crippen LogP contribution < -0.4 is 20.1 Å². The summed E-state index contributed by atoms with van der Waals surface area (Å²) in [6.45, 7) is 5.37. The molecule has 0 bridgehead atoms. The van der Waals surface area contributed by atoms with Gasteiger partial charge < -0.3 is 10.6 Å². The van der Waals surface area contributed by atoms with Gasteiger partial charge in [0, 0.05) is 86.6 Å². The van der Waals surface area contributed by atoms with Gasteiger partial charge in [0.2, 0.25) is 11.9 Å². The number of nitrogens with one attached hydrogen (secondary N) is 4. The Morgan fingerprint density at radius 3 is 1.26 bits per heavy atom. The van der Waals surface area contributed by atoms with Gasteiger partial charge in [0.25, 0.3) is 20.0 Å². The van der Waals surface area contributed by atoms with Gasteiger partial charge in [-0.3, -0.25) is 20.0 Å². The zero-order chi connectivity index (χ0) is 71.1. The second kappa shape index (κ2) is 35.1. The summed E-state index contributed by atoms with van der Waals surface area (Å²) in [4.78, 5) is 19.9. The average molecular weight is 1490 g/mol. The van der Waals surface area contributed by atoms with E-state index in [1.807, 2.05) is 97.9 Å². The van der Waals surface area contributed by atoms with Crippen molar-refractivity contribution >= 4 is 111 Å². The SMILES string of the molecule is C.Cc1ccc(S(=O)(=O)NC(=NCCCCCCCNc2c3c(nc4ccccc24)CCCC3)N2C[C@H](c3ccccc3)C(c3ccc(Cl)cc3)=N2)cc1.O=S(=O)(NC(=NCCCCNc1c2c(nc3ccccc13)CCCC2)N1C[C@H](c2ccccc2)C(c2ccc(Cl)cc2)=N1)c1ccc(Cl)cc1. The highest BCUT2D eigenvalue weighted by Crippen LogP contribution is 2.37. The van der Waals surface area contributed by atoms with Gasteiger partial charge >= 0.3 is 0 Å². The molecule has 538 valence electrons. The topological polar surface area (TPSA) is 198 Å². The van der Waals surface area contributed by atoms with E-state index in [0.717, 1.165) is 139 Å². The predicted molar refractivity (Wildman–Crippen MR) is 428 cm³/mol. The van der Waals surface area contributed by atoms with Crippen LogP contribution in [-0.4, -0.2) is 99.4 Å². The van der Waals surface area contributed by atoms with Gasteiger partial charge in [-0.25, -0.2) is 36.3 Å². The molecule has 0 unspecified atom stereocenters. The lowest BCUT2D eigenvalue weighted by Crippen LogP contribution is -2.41. The second-order valence-corrected chi connectivity index (χ2v) is 31.2. The zero-order valence-corrected chi connectivity index (χ0v) is 61.7. The number of aryl methyl sites for hydroxylation is 3. The third kappa shape index (κ3) is 18.5. The Kier molecular flexibility index (Phi) is 25.1. The number of sulfonamides is 2. The van der Waals surface area contributed by atoms with Gasteiger partial charge in [-0.15, -0.1) is 0 Å². The van der Waals surface area contributed by atoms with E-state index in [2.05, 4.69) is 86.8 Å². The first kappa shape index (κ1) is 74.5. The Hall–Kier alpha value is -9.17. The van der Waals surface area contributed by atoms with Gasteiger partial charge in [0.15, 0.2) is 0 Å². The molecular formula is C83H89Cl3N12O4S2. The van der Waals surface area contributed by atoms with E-state index in [-0.39, 0.29) is 41.0 Å². The van der Waals surface area contributed by atoms with Gasteiger partial charge in [-0.1, -0.05) is 201 Å². The monoisotopic (exact) mass is 1490 g/mol. The standard InChI is InChI=1S/C43H47ClN6O2S.C39H38Cl2N6O2S.CH4/c1-31-20-26-35(27-21-31)53(51,52)49-43(50-30-38(32-14-6-5-7-15-32)41(48-50)33-22-24-34(44)25-23-33)46-29-13-4-2-3-12-28-45-42-36-16-8-10-18-39(36)47-40-19-11-9-17-37(40)42;40-29-18-16-28(17-19-29)37-34(27-10-2-1-3-11-27)26-47(45-37)39(46-50(48,49)31-22-20-30(41)21-23-31)43-25-9-8-24-42-38-32-12-4-6-14-35(32)44-36-15-7-5-13-33(36)38;/h5-8,10,14-16,18,20-27,38H,2-4,9,11-13,17,19,28-30H2,1H3,(H,45,47)(H,46,49);1-4,6,10-12,14,16-23,34H,5,7-9,13,15,24-26H2,(H,42,44)(H,43,46);1H4/t38-;34-;/m11./s1. The lowest BCUT2D eigenvalue weighted by Gasteiger charge is -2.21. The third-order valence-electron chi connectivity index (χ3n) is 19.3. The minimum absolute atomic E-state index is 0. The zero-order valence-electron chi connectivity index (χ0n) is 57.8. The first-order valence-electron chi connectivity index (χ1n) is 35.8. The molecule has 2 atom stereocenters. The molecule has 8 aromatic carbocycles. The van der Waals surface area contributed by atoms with Crippen LogP contribution in [0.15, 0.2) is 236 Å². The highest BCUT2D eigenvalue weighted by molar-refractivity contribution is 7.90. The van der Waals surface area contributed by atoms with Crippen molar-refractivity contribution < 1.29 is 16.8 Å². The molecule has 0 spiro atoms. The number of hydrogen-bond acceptors (Lipinski definition) is 12. The number of aliphatic imine (C=N–C) groups is 2. The van der Waals surface area contributed by atoms with Crippen molar-refractivity contribution in [1.82, 2.24) is 29.4 Å². The van der Waals surface area contributed by atoms with Crippen LogP contribution in [0, 0.1) is 6.92 Å². The minimum Gasteiger partial charge on any atom is -0.384 e. The number of rotatable bonds is 23. The molecule has 0 saturated heterocycles. The lowest BCUT2D eigenvalue weighted by atomic mass is 9.91. The molecule has 4 aliphatic rings. The number of para-hydroxylation sites is 2. The Labute approximate surface area is 627 Å². The van der Waals surface area contributed by atoms with Crippen molar-refractivity contribution in [2.75, 3.05) is 49.9 Å². The molecule has 14 rings (SSSR count). The largest absolute Gasteiger partial charge is 0.384 e. The number of hydrogen-bond donors (Lipinski definition) is 4. The number of aromatic nitrogens is 2. The number of unbranched alkanes of at least 4 members (excludes halogenated alkanes) is 5. The van der Waals surface area contributed by atoms with Crippen molar-refractivity contribution in [3.05, 3.63) is 272 Å². The van der Waals surface area contributed by atoms with E-state index >= 15 is 0 Å². The summed E-state index contributed by atoms with van der Waals surface area (Å²) < 4.78 is 60.1. The number of anilines is 2. The van der Waals surface area contributed by atoms with Crippen LogP contribution in [0.1, 0.15) is 140 Å². The normalized spacial score (nSPS) is 16.0. The van der Waals surface area contributed by atoms with Crippen molar-refractivity contribution in [1.29, 1.82) is 0 Å². The third-order valence-corrected chi connectivity index (χ3v) is 22.7. The van der Waals surface area contributed by atoms with E-state index in [0.29, 0.717) is 41.2 Å². The molecule has 21 heteroatoms. The van der Waals surface area contributed by atoms with Crippen LogP contribution in [0.5, 0.6) is 0 Å². The molecule has 0 saturated carbocycles. The smallest absolute Gasteiger partial charge is 0.264 e. The van der Waals surface area contributed by atoms with Crippen molar-refractivity contribution in [2.45, 2.75) is 132 Å². The van der Waals surface area contributed by atoms with Crippen LogP contribution in [0.3, 0.4) is 0 Å². The van der Waals surface area contributed by atoms with Crippen molar-refractivity contribution in [3.63, 3.8) is 0 Å². The molecule has 2 aliphatic carbocycles. The maximum atomic E-state index is 13.6. The Morgan fingerprint density at radius 1 is 0.442 bits per heavy atom. The van der Waals surface area contributed by atoms with Gasteiger partial charge in [0.05, 0.1) is 45.3 Å². The molecular weight excluding hydrogens is 1400 g/mol. The van der Waals surface area contributed by atoms with Crippen molar-refractivity contribution in [2.24, 2.45) is 20.2 Å². The molecule has 4 heterocycles. The summed E-state index contributed by atoms with van der Waals surface area (Å²) in [5.41, 5.74) is 16.4. The lowest BCUT2D eigenvalue weighted by molar-refractivity contribution is 0.460. The fraction of sp³-hybridized carbons (Fsp3) is 0.301. The first-order chi connectivity index (χ1) is 50.2. The van der Waals surface area contributed by atoms with Crippen LogP contribution in [0.4, 0.5) is 11.4 Å². The number of nitrogens with zero attached hydrogens (tertiary/aromatic N) is 8. The van der Waals surface area contributed by atoms with Crippen LogP contribution in [0.25, 0.3) is 21.8 Å². The summed E-state index contributed by atoms with van der Waals surface area (Å²) >= 11 is 18.5. The first-order valence-corrected chi connectivity index (χ1v) is 39.9. The fourth-order valence-electron chi connectivity index (χ4n) is 13.9. The van der Waals surface area contributed by atoms with E-state index in [1.165, 1.54) is 77.1 Å². The molecule has 0 radical (unpaired) electrons. The number of fused-ring (bicyclic) bond motifs is 4. The second-order valence-electron chi connectivity index (χ2n) is 26.6. The summed E-state index contributed by atoms with van der Waals surface area (Å²) in [6, 6.07) is 65.1. The van der Waals surface area contributed by atoms with Crippen LogP contribution >= 0.6 is 34.8 Å². The highest BCUT2D eigenvalue weighted by atomic mass is 35.5. The predicted octanol–water partition coefficient (Wildman–Crippen LogP) is 18.4. The molecule has 10 aromatic rings. The number of hydrazone groups is 2. The molecule has 2 aromatic heterocycles. The van der Waals surface area contributed by atoms with Crippen LogP contribution in [-0.2, 0) is 45.7 Å². The minimum atomic E-state index is -3.98. The van der Waals surface area contributed by atoms with E-state index in [4.69, 9.17) is 65.0 Å². The van der Waals surface area contributed by atoms with E-state index < -0.39 is 20.0 Å². The van der Waals surface area contributed by atoms with Gasteiger partial charge in [-0.2, -0.15) is 10.2 Å². The van der Waals surface area contributed by atoms with Crippen molar-refractivity contribution in [3.8, 4) is 0 Å². The highest BCUT2D eigenvalue weighted by Gasteiger charge is 2.35. The quantitative estimate of drug-likeness (QED) is 0.0272. The summed E-state index contributed by atoms with van der Waals surface area (Å²) in [5.74, 6) is 0.197. The summed E-state index contributed by atoms with van der Waals surface area (Å²) in [6.07, 6.45) is 15.7. The fourth-order valence-corrected chi connectivity index (χ4v) is 16.3. The van der Waals surface area contributed by atoms with E-state index in [1.54, 1.807) is 46.4 Å². The van der Waals surface area contributed by atoms with Gasteiger partial charge in [0.1, 0.15) is 0 Å². The molecule has 4 N–H and O–H groups in total. The van der Waals surface area contributed by atoms with E-state index in [9.17, 15) is 16.8 Å². The molecule has 104 heavy (non-hydrogen) atoms. The maximum absolute atomic E-state index is 13.6. The number of benzene rings is 8. The number of guanidine groups is 2. The average Bonchev–Trinajstić information content (AvgIpc) is 0.903. The van der Waals surface area contributed by atoms with Crippen LogP contribution in [0.2, 0.25) is 15.1 Å². The molecule has 0 amide bonds. The number of halogens is 3.